The number of hydrogen-bond acceptors (Lipinski definition) is 5. The van der Waals surface area contributed by atoms with Crippen LogP contribution in [0, 0.1) is 6.92 Å². The maximum Gasteiger partial charge on any atom is 0.412 e. The van der Waals surface area contributed by atoms with E-state index in [4.69, 9.17) is 4.74 Å². The number of pyridine rings is 1. The summed E-state index contributed by atoms with van der Waals surface area (Å²) >= 11 is 1.42. The van der Waals surface area contributed by atoms with E-state index in [0.717, 1.165) is 29.1 Å². The van der Waals surface area contributed by atoms with Gasteiger partial charge in [0.25, 0.3) is 0 Å². The fraction of sp³-hybridized carbons (Fsp3) is 0.400. The molecule has 1 unspecified atom stereocenters. The standard InChI is InChI=1S/C15H19N3O2S/c1-4-6-10(2)20-15(19)18-13-11(3)17-14(21-13)12-7-5-8-16-9-12/h5,7-10H,4,6H2,1-3H3,(H,18,19). The fourth-order valence-electron chi connectivity index (χ4n) is 1.90. The van der Waals surface area contributed by atoms with E-state index in [9.17, 15) is 4.79 Å². The minimum atomic E-state index is -0.430. The number of ether oxygens (including phenoxy) is 1. The maximum absolute atomic E-state index is 11.8. The molecule has 2 heterocycles. The SMILES string of the molecule is CCCC(C)OC(=O)Nc1sc(-c2cccnc2)nc1C. The second-order valence-corrected chi connectivity index (χ2v) is 5.80. The van der Waals surface area contributed by atoms with Crippen LogP contribution >= 0.6 is 11.3 Å². The number of amides is 1. The van der Waals surface area contributed by atoms with Crippen molar-refractivity contribution >= 4 is 22.4 Å². The van der Waals surface area contributed by atoms with Gasteiger partial charge in [0.15, 0.2) is 0 Å². The van der Waals surface area contributed by atoms with Crippen molar-refractivity contribution in [3.8, 4) is 10.6 Å². The van der Waals surface area contributed by atoms with Crippen LogP contribution < -0.4 is 5.32 Å². The molecule has 1 amide bonds. The van der Waals surface area contributed by atoms with Crippen molar-refractivity contribution < 1.29 is 9.53 Å². The van der Waals surface area contributed by atoms with Gasteiger partial charge in [-0.05, 0) is 32.4 Å². The molecule has 6 heteroatoms. The molecule has 21 heavy (non-hydrogen) atoms. The Morgan fingerprint density at radius 1 is 1.52 bits per heavy atom. The number of rotatable bonds is 5. The number of thiazole rings is 1. The molecule has 0 aliphatic heterocycles. The molecular formula is C15H19N3O2S. The van der Waals surface area contributed by atoms with Gasteiger partial charge in [0.2, 0.25) is 0 Å². The molecule has 0 saturated heterocycles. The van der Waals surface area contributed by atoms with E-state index in [1.165, 1.54) is 11.3 Å². The average Bonchev–Trinajstić information content (AvgIpc) is 2.81. The van der Waals surface area contributed by atoms with E-state index in [-0.39, 0.29) is 6.10 Å². The minimum absolute atomic E-state index is 0.0824. The summed E-state index contributed by atoms with van der Waals surface area (Å²) in [5, 5.41) is 4.31. The summed E-state index contributed by atoms with van der Waals surface area (Å²) in [5.41, 5.74) is 1.71. The molecule has 0 aliphatic carbocycles. The largest absolute Gasteiger partial charge is 0.446 e. The highest BCUT2D eigenvalue weighted by Gasteiger charge is 2.14. The highest BCUT2D eigenvalue weighted by atomic mass is 32.1. The van der Waals surface area contributed by atoms with Gasteiger partial charge in [0.1, 0.15) is 16.1 Å². The number of nitrogens with zero attached hydrogens (tertiary/aromatic N) is 2. The Kier molecular flexibility index (Phi) is 5.27. The van der Waals surface area contributed by atoms with E-state index in [1.54, 1.807) is 12.4 Å². The van der Waals surface area contributed by atoms with Gasteiger partial charge in [-0.15, -0.1) is 0 Å². The summed E-state index contributed by atoms with van der Waals surface area (Å²) in [5.74, 6) is 0. The van der Waals surface area contributed by atoms with E-state index < -0.39 is 6.09 Å². The molecule has 1 atom stereocenters. The van der Waals surface area contributed by atoms with E-state index >= 15 is 0 Å². The first-order valence-corrected chi connectivity index (χ1v) is 7.77. The Morgan fingerprint density at radius 3 is 3.00 bits per heavy atom. The molecule has 5 nitrogen and oxygen atoms in total. The van der Waals surface area contributed by atoms with Gasteiger partial charge >= 0.3 is 6.09 Å². The second-order valence-electron chi connectivity index (χ2n) is 4.80. The number of carbonyl (C=O) groups excluding carboxylic acids is 1. The topological polar surface area (TPSA) is 64.1 Å². The van der Waals surface area contributed by atoms with Gasteiger partial charge in [-0.1, -0.05) is 24.7 Å². The average molecular weight is 305 g/mol. The molecule has 0 fully saturated rings. The van der Waals surface area contributed by atoms with Crippen LogP contribution in [-0.4, -0.2) is 22.2 Å². The van der Waals surface area contributed by atoms with Crippen LogP contribution in [0.3, 0.4) is 0 Å². The predicted octanol–water partition coefficient (Wildman–Crippen LogP) is 4.25. The first kappa shape index (κ1) is 15.4. The zero-order chi connectivity index (χ0) is 15.2. The second kappa shape index (κ2) is 7.17. The number of aromatic nitrogens is 2. The summed E-state index contributed by atoms with van der Waals surface area (Å²) in [6.07, 6.45) is 4.80. The fourth-order valence-corrected chi connectivity index (χ4v) is 2.84. The Bertz CT molecular complexity index is 598. The molecule has 0 spiro atoms. The lowest BCUT2D eigenvalue weighted by Crippen LogP contribution is -2.19. The van der Waals surface area contributed by atoms with Crippen LogP contribution in [0.1, 0.15) is 32.4 Å². The first-order valence-electron chi connectivity index (χ1n) is 6.95. The third-order valence-electron chi connectivity index (χ3n) is 2.92. The summed E-state index contributed by atoms with van der Waals surface area (Å²) in [4.78, 5) is 20.4. The molecular weight excluding hydrogens is 286 g/mol. The Balaban J connectivity index is 2.05. The smallest absolute Gasteiger partial charge is 0.412 e. The van der Waals surface area contributed by atoms with Crippen molar-refractivity contribution in [2.24, 2.45) is 0 Å². The molecule has 1 N–H and O–H groups in total. The van der Waals surface area contributed by atoms with Crippen molar-refractivity contribution in [1.82, 2.24) is 9.97 Å². The van der Waals surface area contributed by atoms with E-state index in [0.29, 0.717) is 5.00 Å². The van der Waals surface area contributed by atoms with Crippen LogP contribution in [0.2, 0.25) is 0 Å². The summed E-state index contributed by atoms with van der Waals surface area (Å²) in [6, 6.07) is 3.80. The van der Waals surface area contributed by atoms with Crippen LogP contribution in [0.15, 0.2) is 24.5 Å². The summed E-state index contributed by atoms with van der Waals surface area (Å²) in [7, 11) is 0. The Labute approximate surface area is 128 Å². The van der Waals surface area contributed by atoms with Crippen molar-refractivity contribution in [2.75, 3.05) is 5.32 Å². The molecule has 0 aliphatic rings. The van der Waals surface area contributed by atoms with Crippen molar-refractivity contribution in [1.29, 1.82) is 0 Å². The molecule has 2 rings (SSSR count). The third-order valence-corrected chi connectivity index (χ3v) is 4.05. The van der Waals surface area contributed by atoms with Gasteiger partial charge < -0.3 is 4.74 Å². The monoisotopic (exact) mass is 305 g/mol. The molecule has 0 radical (unpaired) electrons. The normalized spacial score (nSPS) is 12.0. The zero-order valence-electron chi connectivity index (χ0n) is 12.4. The first-order chi connectivity index (χ1) is 10.1. The Morgan fingerprint density at radius 2 is 2.33 bits per heavy atom. The van der Waals surface area contributed by atoms with Crippen molar-refractivity contribution in [3.63, 3.8) is 0 Å². The highest BCUT2D eigenvalue weighted by molar-refractivity contribution is 7.19. The quantitative estimate of drug-likeness (QED) is 0.897. The lowest BCUT2D eigenvalue weighted by Gasteiger charge is -2.12. The zero-order valence-corrected chi connectivity index (χ0v) is 13.2. The summed E-state index contributed by atoms with van der Waals surface area (Å²) < 4.78 is 5.28. The van der Waals surface area contributed by atoms with E-state index in [1.807, 2.05) is 26.0 Å². The molecule has 112 valence electrons. The Hall–Kier alpha value is -1.95. The molecule has 2 aromatic heterocycles. The number of nitrogens with one attached hydrogen (secondary N) is 1. The van der Waals surface area contributed by atoms with Crippen LogP contribution in [0.4, 0.5) is 9.80 Å². The molecule has 0 bridgehead atoms. The third kappa shape index (κ3) is 4.26. The number of anilines is 1. The highest BCUT2D eigenvalue weighted by Crippen LogP contribution is 2.31. The van der Waals surface area contributed by atoms with Crippen molar-refractivity contribution in [3.05, 3.63) is 30.2 Å². The molecule has 2 aromatic rings. The lowest BCUT2D eigenvalue weighted by atomic mass is 10.2. The van der Waals surface area contributed by atoms with Crippen molar-refractivity contribution in [2.45, 2.75) is 39.7 Å². The van der Waals surface area contributed by atoms with Gasteiger partial charge in [0, 0.05) is 18.0 Å². The summed E-state index contributed by atoms with van der Waals surface area (Å²) in [6.45, 7) is 5.82. The maximum atomic E-state index is 11.8. The number of hydrogen-bond donors (Lipinski definition) is 1. The van der Waals surface area contributed by atoms with E-state index in [2.05, 4.69) is 22.2 Å². The van der Waals surface area contributed by atoms with Gasteiger partial charge in [-0.3, -0.25) is 10.3 Å². The van der Waals surface area contributed by atoms with Gasteiger partial charge in [0.05, 0.1) is 5.69 Å². The lowest BCUT2D eigenvalue weighted by molar-refractivity contribution is 0.115. The van der Waals surface area contributed by atoms with Gasteiger partial charge in [-0.25, -0.2) is 9.78 Å². The molecule has 0 aromatic carbocycles. The minimum Gasteiger partial charge on any atom is -0.446 e. The van der Waals surface area contributed by atoms with Gasteiger partial charge in [-0.2, -0.15) is 0 Å². The molecule has 0 saturated carbocycles. The van der Waals surface area contributed by atoms with Crippen LogP contribution in [-0.2, 0) is 4.74 Å². The predicted molar refractivity (Wildman–Crippen MR) is 84.6 cm³/mol. The van der Waals surface area contributed by atoms with Crippen LogP contribution in [0.5, 0.6) is 0 Å². The number of aryl methyl sites for hydroxylation is 1. The number of carbonyl (C=O) groups is 1. The van der Waals surface area contributed by atoms with Crippen LogP contribution in [0.25, 0.3) is 10.6 Å².